The normalized spacial score (nSPS) is 12.3. The van der Waals surface area contributed by atoms with Crippen LogP contribution in [0.2, 0.25) is 0 Å². The van der Waals surface area contributed by atoms with Crippen LogP contribution >= 0.6 is 0 Å². The number of carbonyl (C=O) groups excluding carboxylic acids is 3. The summed E-state index contributed by atoms with van der Waals surface area (Å²) in [7, 11) is 0. The van der Waals surface area contributed by atoms with Crippen LogP contribution in [0.1, 0.15) is 374 Å². The standard InChI is InChI=1S/C72H132O6/c1-4-7-10-13-16-19-22-25-28-31-34-35-36-37-39-41-44-47-50-53-56-59-62-65-71(74)77-68-69(67-76-70(73)64-61-58-55-52-49-46-43-40-33-30-27-24-21-18-15-12-9-6-3)78-72(75)66-63-60-57-54-51-48-45-42-38-32-29-26-23-20-17-14-11-8-5-2/h21,24,26,29-31,33-34,69H,4-20,22-23,25,27-28,32,35-68H2,1-3H3/b24-21-,29-26-,33-30-,34-31-. The third-order valence-electron chi connectivity index (χ3n) is 15.5. The monoisotopic (exact) mass is 1090 g/mol. The van der Waals surface area contributed by atoms with Crippen LogP contribution in [0.15, 0.2) is 48.6 Å². The summed E-state index contributed by atoms with van der Waals surface area (Å²) < 4.78 is 17.0. The van der Waals surface area contributed by atoms with Gasteiger partial charge in [-0.2, -0.15) is 0 Å². The molecular formula is C72H132O6. The topological polar surface area (TPSA) is 78.9 Å². The molecule has 0 aliphatic rings. The Morgan fingerprint density at radius 3 is 0.731 bits per heavy atom. The van der Waals surface area contributed by atoms with E-state index >= 15 is 0 Å². The molecule has 6 heteroatoms. The van der Waals surface area contributed by atoms with Gasteiger partial charge in [-0.05, 0) is 103 Å². The maximum Gasteiger partial charge on any atom is 0.306 e. The molecule has 0 bridgehead atoms. The van der Waals surface area contributed by atoms with Gasteiger partial charge in [0.05, 0.1) is 0 Å². The van der Waals surface area contributed by atoms with E-state index in [1.54, 1.807) is 0 Å². The highest BCUT2D eigenvalue weighted by molar-refractivity contribution is 5.71. The van der Waals surface area contributed by atoms with Crippen LogP contribution in [0.5, 0.6) is 0 Å². The molecule has 0 aliphatic carbocycles. The van der Waals surface area contributed by atoms with Gasteiger partial charge >= 0.3 is 17.9 Å². The van der Waals surface area contributed by atoms with Crippen molar-refractivity contribution >= 4 is 17.9 Å². The zero-order valence-corrected chi connectivity index (χ0v) is 52.5. The maximum absolute atomic E-state index is 12.9. The maximum atomic E-state index is 12.9. The lowest BCUT2D eigenvalue weighted by atomic mass is 10.0. The molecule has 0 aromatic heterocycles. The van der Waals surface area contributed by atoms with Gasteiger partial charge in [0.2, 0.25) is 0 Å². The predicted octanol–water partition coefficient (Wildman–Crippen LogP) is 23.7. The Bertz CT molecular complexity index is 1350. The lowest BCUT2D eigenvalue weighted by Crippen LogP contribution is -2.30. The molecule has 0 N–H and O–H groups in total. The molecule has 456 valence electrons. The molecule has 0 saturated carbocycles. The van der Waals surface area contributed by atoms with Crippen molar-refractivity contribution in [2.24, 2.45) is 0 Å². The number of carbonyl (C=O) groups is 3. The second kappa shape index (κ2) is 66.9. The van der Waals surface area contributed by atoms with Gasteiger partial charge in [-0.1, -0.05) is 301 Å². The Morgan fingerprint density at radius 2 is 0.462 bits per heavy atom. The smallest absolute Gasteiger partial charge is 0.306 e. The number of hydrogen-bond acceptors (Lipinski definition) is 6. The van der Waals surface area contributed by atoms with Crippen molar-refractivity contribution in [1.82, 2.24) is 0 Å². The first kappa shape index (κ1) is 75.4. The Kier molecular flexibility index (Phi) is 64.6. The van der Waals surface area contributed by atoms with Crippen LogP contribution in [-0.4, -0.2) is 37.2 Å². The van der Waals surface area contributed by atoms with Gasteiger partial charge in [-0.3, -0.25) is 14.4 Å². The van der Waals surface area contributed by atoms with E-state index in [0.29, 0.717) is 19.3 Å². The number of hydrogen-bond donors (Lipinski definition) is 0. The Labute approximate surface area is 486 Å². The van der Waals surface area contributed by atoms with Gasteiger partial charge in [0, 0.05) is 19.3 Å². The van der Waals surface area contributed by atoms with Crippen LogP contribution in [0.25, 0.3) is 0 Å². The van der Waals surface area contributed by atoms with Crippen LogP contribution in [-0.2, 0) is 28.6 Å². The summed E-state index contributed by atoms with van der Waals surface area (Å²) in [5, 5.41) is 0. The third-order valence-corrected chi connectivity index (χ3v) is 15.5. The van der Waals surface area contributed by atoms with E-state index in [0.717, 1.165) is 70.6 Å². The number of rotatable bonds is 64. The van der Waals surface area contributed by atoms with Crippen LogP contribution in [0, 0.1) is 0 Å². The fourth-order valence-electron chi connectivity index (χ4n) is 10.3. The van der Waals surface area contributed by atoms with E-state index in [4.69, 9.17) is 14.2 Å². The molecule has 0 saturated heterocycles. The Morgan fingerprint density at radius 1 is 0.256 bits per heavy atom. The number of unbranched alkanes of at least 4 members (excludes halogenated alkanes) is 45. The van der Waals surface area contributed by atoms with Crippen molar-refractivity contribution in [3.63, 3.8) is 0 Å². The van der Waals surface area contributed by atoms with Gasteiger partial charge < -0.3 is 14.2 Å². The molecule has 0 aromatic carbocycles. The summed E-state index contributed by atoms with van der Waals surface area (Å²) in [4.78, 5) is 38.4. The Balaban J connectivity index is 4.33. The molecule has 1 atom stereocenters. The Hall–Kier alpha value is -2.63. The van der Waals surface area contributed by atoms with Crippen molar-refractivity contribution in [3.8, 4) is 0 Å². The molecule has 1 unspecified atom stereocenters. The minimum absolute atomic E-state index is 0.0740. The van der Waals surface area contributed by atoms with Crippen molar-refractivity contribution in [2.75, 3.05) is 13.2 Å². The fraction of sp³-hybridized carbons (Fsp3) is 0.847. The van der Waals surface area contributed by atoms with Crippen molar-refractivity contribution < 1.29 is 28.6 Å². The highest BCUT2D eigenvalue weighted by Crippen LogP contribution is 2.17. The van der Waals surface area contributed by atoms with Crippen LogP contribution < -0.4 is 0 Å². The molecule has 0 rings (SSSR count). The molecular weight excluding hydrogens is 961 g/mol. The van der Waals surface area contributed by atoms with E-state index < -0.39 is 6.10 Å². The number of esters is 3. The van der Waals surface area contributed by atoms with E-state index in [2.05, 4.69) is 69.4 Å². The van der Waals surface area contributed by atoms with Crippen LogP contribution in [0.3, 0.4) is 0 Å². The highest BCUT2D eigenvalue weighted by atomic mass is 16.6. The third kappa shape index (κ3) is 64.2. The van der Waals surface area contributed by atoms with E-state index in [9.17, 15) is 14.4 Å². The second-order valence-corrected chi connectivity index (χ2v) is 23.4. The lowest BCUT2D eigenvalue weighted by Gasteiger charge is -2.18. The molecule has 6 nitrogen and oxygen atoms in total. The fourth-order valence-corrected chi connectivity index (χ4v) is 10.3. The van der Waals surface area contributed by atoms with Gasteiger partial charge in [-0.15, -0.1) is 0 Å². The first-order chi connectivity index (χ1) is 38.5. The first-order valence-electron chi connectivity index (χ1n) is 34.6. The average molecular weight is 1090 g/mol. The number of ether oxygens (including phenoxy) is 3. The largest absolute Gasteiger partial charge is 0.462 e. The van der Waals surface area contributed by atoms with Gasteiger partial charge in [0.1, 0.15) is 13.2 Å². The molecule has 0 heterocycles. The van der Waals surface area contributed by atoms with Crippen molar-refractivity contribution in [3.05, 3.63) is 48.6 Å². The lowest BCUT2D eigenvalue weighted by molar-refractivity contribution is -0.167. The second-order valence-electron chi connectivity index (χ2n) is 23.4. The molecule has 0 radical (unpaired) electrons. The van der Waals surface area contributed by atoms with Gasteiger partial charge in [0.15, 0.2) is 6.10 Å². The molecule has 0 aromatic rings. The van der Waals surface area contributed by atoms with Crippen molar-refractivity contribution in [2.45, 2.75) is 380 Å². The average Bonchev–Trinajstić information content (AvgIpc) is 3.44. The summed E-state index contributed by atoms with van der Waals surface area (Å²) in [5.41, 5.74) is 0. The summed E-state index contributed by atoms with van der Waals surface area (Å²) in [5.74, 6) is -0.861. The molecule has 0 fully saturated rings. The predicted molar refractivity (Wildman–Crippen MR) is 339 cm³/mol. The van der Waals surface area contributed by atoms with E-state index in [1.165, 1.54) is 263 Å². The summed E-state index contributed by atoms with van der Waals surface area (Å²) in [6, 6.07) is 0. The summed E-state index contributed by atoms with van der Waals surface area (Å²) in [6.07, 6.45) is 84.1. The van der Waals surface area contributed by atoms with E-state index in [-0.39, 0.29) is 31.1 Å². The SMILES string of the molecule is CCCCCC/C=C\C/C=C\CCCCCCCCCC(=O)OCC(COC(=O)CCCCCCCCCCCCC/C=C\CCCCCCCCCC)OC(=O)CCCCCCCCCCC/C=C\CCCCCCCC. The minimum Gasteiger partial charge on any atom is -0.462 e. The quantitative estimate of drug-likeness (QED) is 0.0261. The molecule has 0 amide bonds. The first-order valence-corrected chi connectivity index (χ1v) is 34.6. The summed E-state index contributed by atoms with van der Waals surface area (Å²) in [6.45, 7) is 6.67. The highest BCUT2D eigenvalue weighted by Gasteiger charge is 2.19. The molecule has 0 aliphatic heterocycles. The number of allylic oxidation sites excluding steroid dienone is 8. The van der Waals surface area contributed by atoms with Gasteiger partial charge in [-0.25, -0.2) is 0 Å². The molecule has 78 heavy (non-hydrogen) atoms. The zero-order valence-electron chi connectivity index (χ0n) is 52.5. The van der Waals surface area contributed by atoms with Gasteiger partial charge in [0.25, 0.3) is 0 Å². The van der Waals surface area contributed by atoms with E-state index in [1.807, 2.05) is 0 Å². The zero-order chi connectivity index (χ0) is 56.4. The van der Waals surface area contributed by atoms with Crippen molar-refractivity contribution in [1.29, 1.82) is 0 Å². The minimum atomic E-state index is -0.779. The summed E-state index contributed by atoms with van der Waals surface area (Å²) >= 11 is 0. The van der Waals surface area contributed by atoms with Crippen LogP contribution in [0.4, 0.5) is 0 Å². The molecule has 0 spiro atoms.